The van der Waals surface area contributed by atoms with Crippen molar-refractivity contribution in [3.8, 4) is 11.8 Å². The van der Waals surface area contributed by atoms with Crippen LogP contribution in [0.1, 0.15) is 34.5 Å². The predicted octanol–water partition coefficient (Wildman–Crippen LogP) is 6.17. The minimum absolute atomic E-state index is 0.0264. The molecule has 1 aliphatic rings. The molecule has 0 bridgehead atoms. The standard InChI is InChI=1S/C24H20ClF9N6O3/c1-39-18(16(43-20(26)27)17(38-39)22(28,23(29,30)31)24(32,33)34)37-9-13(8-35)12-3-4-15(25)14(7-12)19(41)40(11-42-2)21(10-36)5-6-21/h3-4,7-9,20,35,37H,5-6,11H2,1-2H3/b13-9+,35-8?. The minimum Gasteiger partial charge on any atom is -0.429 e. The van der Waals surface area contributed by atoms with Crippen molar-refractivity contribution in [2.24, 2.45) is 7.05 Å². The summed E-state index contributed by atoms with van der Waals surface area (Å²) in [7, 11) is 2.02. The van der Waals surface area contributed by atoms with E-state index in [1.165, 1.54) is 25.3 Å². The third-order valence-electron chi connectivity index (χ3n) is 6.32. The summed E-state index contributed by atoms with van der Waals surface area (Å²) in [6.45, 7) is -4.27. The van der Waals surface area contributed by atoms with Crippen molar-refractivity contribution in [3.63, 3.8) is 0 Å². The second kappa shape index (κ2) is 12.0. The molecule has 2 aromatic rings. The van der Waals surface area contributed by atoms with E-state index in [9.17, 15) is 49.6 Å². The molecule has 19 heteroatoms. The number of nitrogens with one attached hydrogen (secondary N) is 2. The van der Waals surface area contributed by atoms with E-state index >= 15 is 0 Å². The molecular weight excluding hydrogens is 627 g/mol. The van der Waals surface area contributed by atoms with E-state index in [1.807, 2.05) is 6.07 Å². The fourth-order valence-corrected chi connectivity index (χ4v) is 4.15. The second-order valence-electron chi connectivity index (χ2n) is 9.06. The summed E-state index contributed by atoms with van der Waals surface area (Å²) in [5.74, 6) is -3.69. The Morgan fingerprint density at radius 1 is 1.26 bits per heavy atom. The number of rotatable bonds is 11. The van der Waals surface area contributed by atoms with Crippen molar-refractivity contribution in [1.82, 2.24) is 14.7 Å². The number of hydrogen-bond acceptors (Lipinski definition) is 7. The third-order valence-corrected chi connectivity index (χ3v) is 6.65. The molecule has 9 nitrogen and oxygen atoms in total. The van der Waals surface area contributed by atoms with E-state index in [1.54, 1.807) is 0 Å². The highest BCUT2D eigenvalue weighted by atomic mass is 35.5. The van der Waals surface area contributed by atoms with Gasteiger partial charge in [0.2, 0.25) is 0 Å². The van der Waals surface area contributed by atoms with Gasteiger partial charge in [0.15, 0.2) is 17.3 Å². The molecule has 2 N–H and O–H groups in total. The summed E-state index contributed by atoms with van der Waals surface area (Å²) in [6, 6.07) is 5.71. The summed E-state index contributed by atoms with van der Waals surface area (Å²) < 4.78 is 130. The van der Waals surface area contributed by atoms with Crippen LogP contribution in [0.15, 0.2) is 24.4 Å². The Bertz CT molecular complexity index is 1450. The number of carbonyl (C=O) groups excluding carboxylic acids is 1. The van der Waals surface area contributed by atoms with E-state index in [2.05, 4.69) is 15.2 Å². The van der Waals surface area contributed by atoms with Crippen LogP contribution in [0.5, 0.6) is 5.75 Å². The number of amides is 1. The fraction of sp³-hybridized carbons (Fsp3) is 0.417. The lowest BCUT2D eigenvalue weighted by Gasteiger charge is -2.28. The summed E-state index contributed by atoms with van der Waals surface area (Å²) in [6.07, 6.45) is -11.2. The van der Waals surface area contributed by atoms with Crippen LogP contribution in [0.2, 0.25) is 5.02 Å². The van der Waals surface area contributed by atoms with E-state index in [4.69, 9.17) is 21.7 Å². The number of methoxy groups -OCH3 is 1. The van der Waals surface area contributed by atoms with Gasteiger partial charge in [0.25, 0.3) is 5.91 Å². The summed E-state index contributed by atoms with van der Waals surface area (Å²) in [5, 5.41) is 22.1. The van der Waals surface area contributed by atoms with Crippen molar-refractivity contribution in [2.45, 2.75) is 43.0 Å². The SMILES string of the molecule is COCN(C(=O)c1cc(/C(C=N)=C/Nc2c(OC(F)F)c(C(F)(C(F)(F)F)C(F)(F)F)nn2C)ccc1Cl)C1(C#N)CC1. The minimum atomic E-state index is -6.68. The number of nitriles is 1. The van der Waals surface area contributed by atoms with Crippen LogP contribution in [0.25, 0.3) is 5.57 Å². The zero-order chi connectivity index (χ0) is 32.5. The van der Waals surface area contributed by atoms with Gasteiger partial charge in [0, 0.05) is 32.1 Å². The highest BCUT2D eigenvalue weighted by Crippen LogP contribution is 2.56. The van der Waals surface area contributed by atoms with Crippen LogP contribution in [-0.4, -0.2) is 65.1 Å². The third kappa shape index (κ3) is 6.22. The molecule has 3 rings (SSSR count). The van der Waals surface area contributed by atoms with Crippen LogP contribution < -0.4 is 10.1 Å². The Hall–Kier alpha value is -3.98. The number of hydrogen-bond donors (Lipinski definition) is 2. The molecule has 1 aromatic carbocycles. The van der Waals surface area contributed by atoms with Crippen LogP contribution in [0.3, 0.4) is 0 Å². The maximum absolute atomic E-state index is 14.8. The number of halogens is 10. The smallest absolute Gasteiger partial charge is 0.429 e. The summed E-state index contributed by atoms with van der Waals surface area (Å²) in [5.41, 5.74) is -10.2. The number of carbonyl (C=O) groups is 1. The van der Waals surface area contributed by atoms with Crippen LogP contribution in [-0.2, 0) is 17.5 Å². The lowest BCUT2D eigenvalue weighted by atomic mass is 9.99. The molecule has 0 aliphatic heterocycles. The second-order valence-corrected chi connectivity index (χ2v) is 9.47. The molecule has 1 amide bonds. The average Bonchev–Trinajstić information content (AvgIpc) is 3.65. The topological polar surface area (TPSA) is 116 Å². The molecule has 1 fully saturated rings. The lowest BCUT2D eigenvalue weighted by Crippen LogP contribution is -2.51. The Labute approximate surface area is 241 Å². The Balaban J connectivity index is 2.09. The Morgan fingerprint density at radius 3 is 2.33 bits per heavy atom. The first-order valence-corrected chi connectivity index (χ1v) is 12.1. The van der Waals surface area contributed by atoms with E-state index in [0.29, 0.717) is 19.1 Å². The number of benzene rings is 1. The first-order valence-electron chi connectivity index (χ1n) is 11.7. The van der Waals surface area contributed by atoms with Crippen molar-refractivity contribution in [1.29, 1.82) is 10.7 Å². The molecule has 0 spiro atoms. The van der Waals surface area contributed by atoms with Crippen LogP contribution >= 0.6 is 11.6 Å². The zero-order valence-electron chi connectivity index (χ0n) is 21.9. The van der Waals surface area contributed by atoms with Gasteiger partial charge in [-0.05, 0) is 30.5 Å². The molecule has 0 unspecified atom stereocenters. The van der Waals surface area contributed by atoms with Gasteiger partial charge in [-0.25, -0.2) is 9.07 Å². The molecule has 43 heavy (non-hydrogen) atoms. The van der Waals surface area contributed by atoms with Gasteiger partial charge in [-0.2, -0.15) is 45.5 Å². The largest absolute Gasteiger partial charge is 0.437 e. The van der Waals surface area contributed by atoms with E-state index < -0.39 is 53.3 Å². The van der Waals surface area contributed by atoms with Gasteiger partial charge < -0.3 is 20.2 Å². The number of anilines is 1. The molecule has 1 saturated carbocycles. The van der Waals surface area contributed by atoms with Gasteiger partial charge in [-0.15, -0.1) is 0 Å². The number of ether oxygens (including phenoxy) is 2. The molecule has 0 atom stereocenters. The van der Waals surface area contributed by atoms with E-state index in [0.717, 1.165) is 18.1 Å². The average molecular weight is 647 g/mol. The highest BCUT2D eigenvalue weighted by molar-refractivity contribution is 6.34. The van der Waals surface area contributed by atoms with Gasteiger partial charge in [0.1, 0.15) is 12.3 Å². The molecule has 234 valence electrons. The molecule has 1 heterocycles. The molecule has 0 saturated heterocycles. The molecule has 0 radical (unpaired) electrons. The Kier molecular flexibility index (Phi) is 9.32. The first-order chi connectivity index (χ1) is 19.9. The number of aromatic nitrogens is 2. The number of allylic oxidation sites excluding steroid dienone is 1. The zero-order valence-corrected chi connectivity index (χ0v) is 22.6. The molecular formula is C24H20ClF9N6O3. The van der Waals surface area contributed by atoms with Crippen LogP contribution in [0, 0.1) is 16.7 Å². The maximum atomic E-state index is 14.8. The normalized spacial score (nSPS) is 15.2. The molecule has 1 aromatic heterocycles. The van der Waals surface area contributed by atoms with Crippen molar-refractivity contribution >= 4 is 35.1 Å². The quantitative estimate of drug-likeness (QED) is 0.171. The first kappa shape index (κ1) is 33.5. The van der Waals surface area contributed by atoms with E-state index in [-0.39, 0.29) is 33.1 Å². The van der Waals surface area contributed by atoms with Gasteiger partial charge in [0.05, 0.1) is 16.7 Å². The van der Waals surface area contributed by atoms with Crippen molar-refractivity contribution in [3.05, 3.63) is 46.2 Å². The van der Waals surface area contributed by atoms with Crippen molar-refractivity contribution < 1.29 is 53.8 Å². The summed E-state index contributed by atoms with van der Waals surface area (Å²) >= 11 is 6.20. The summed E-state index contributed by atoms with van der Waals surface area (Å²) in [4.78, 5) is 14.4. The van der Waals surface area contributed by atoms with Crippen molar-refractivity contribution in [2.75, 3.05) is 19.2 Å². The monoisotopic (exact) mass is 646 g/mol. The van der Waals surface area contributed by atoms with Gasteiger partial charge in [-0.3, -0.25) is 9.69 Å². The lowest BCUT2D eigenvalue weighted by molar-refractivity contribution is -0.350. The molecule has 1 aliphatic carbocycles. The number of nitrogens with zero attached hydrogens (tertiary/aromatic N) is 4. The maximum Gasteiger partial charge on any atom is 0.437 e. The van der Waals surface area contributed by atoms with Gasteiger partial charge in [-0.1, -0.05) is 17.7 Å². The van der Waals surface area contributed by atoms with Crippen LogP contribution in [0.4, 0.5) is 45.3 Å². The fourth-order valence-electron chi connectivity index (χ4n) is 3.95. The van der Waals surface area contributed by atoms with Gasteiger partial charge >= 0.3 is 24.6 Å². The number of alkyl halides is 9. The Morgan fingerprint density at radius 2 is 1.86 bits per heavy atom. The predicted molar refractivity (Wildman–Crippen MR) is 132 cm³/mol. The highest BCUT2D eigenvalue weighted by Gasteiger charge is 2.76. The number of aryl methyl sites for hydroxylation is 1.